The van der Waals surface area contributed by atoms with E-state index in [9.17, 15) is 4.79 Å². The fourth-order valence-corrected chi connectivity index (χ4v) is 2.23. The first-order chi connectivity index (χ1) is 8.54. The SMILES string of the molecule is CCC(C(=O)N1CC(C)OCC1CC)C(N)=NO. The Balaban J connectivity index is 2.84. The number of carbonyl (C=O) groups excluding carboxylic acids is 1. The number of amidine groups is 1. The maximum Gasteiger partial charge on any atom is 0.233 e. The van der Waals surface area contributed by atoms with Crippen LogP contribution in [0.15, 0.2) is 5.16 Å². The second-order valence-corrected chi connectivity index (χ2v) is 4.68. The molecule has 1 aliphatic rings. The van der Waals surface area contributed by atoms with Gasteiger partial charge in [-0.05, 0) is 19.8 Å². The molecule has 1 amide bonds. The van der Waals surface area contributed by atoms with Crippen LogP contribution in [0.25, 0.3) is 0 Å². The number of hydrogen-bond acceptors (Lipinski definition) is 4. The van der Waals surface area contributed by atoms with Crippen LogP contribution in [0.5, 0.6) is 0 Å². The van der Waals surface area contributed by atoms with Crippen molar-refractivity contribution >= 4 is 11.7 Å². The number of amides is 1. The van der Waals surface area contributed by atoms with Gasteiger partial charge in [-0.1, -0.05) is 19.0 Å². The van der Waals surface area contributed by atoms with Crippen molar-refractivity contribution in [1.29, 1.82) is 0 Å². The van der Waals surface area contributed by atoms with Gasteiger partial charge < -0.3 is 20.6 Å². The molecular formula is C12H23N3O3. The van der Waals surface area contributed by atoms with Crippen LogP contribution < -0.4 is 5.73 Å². The molecule has 3 N–H and O–H groups in total. The molecule has 0 aromatic heterocycles. The van der Waals surface area contributed by atoms with Crippen LogP contribution >= 0.6 is 0 Å². The van der Waals surface area contributed by atoms with Crippen LogP contribution in [0.4, 0.5) is 0 Å². The third kappa shape index (κ3) is 3.13. The van der Waals surface area contributed by atoms with Gasteiger partial charge in [0, 0.05) is 6.54 Å². The van der Waals surface area contributed by atoms with Crippen LogP contribution in [0.2, 0.25) is 0 Å². The first kappa shape index (κ1) is 14.8. The summed E-state index contributed by atoms with van der Waals surface area (Å²) in [5, 5.41) is 11.7. The van der Waals surface area contributed by atoms with Crippen molar-refractivity contribution in [3.63, 3.8) is 0 Å². The third-order valence-corrected chi connectivity index (χ3v) is 3.40. The van der Waals surface area contributed by atoms with Crippen LogP contribution in [0, 0.1) is 5.92 Å². The highest BCUT2D eigenvalue weighted by molar-refractivity contribution is 6.02. The fourth-order valence-electron chi connectivity index (χ4n) is 2.23. The molecule has 0 saturated carbocycles. The van der Waals surface area contributed by atoms with Gasteiger partial charge in [-0.25, -0.2) is 0 Å². The van der Waals surface area contributed by atoms with Gasteiger partial charge in [-0.2, -0.15) is 0 Å². The minimum absolute atomic E-state index is 0.0171. The quantitative estimate of drug-likeness (QED) is 0.337. The standard InChI is InChI=1S/C12H23N3O3/c1-4-9-7-18-8(3)6-15(9)12(16)10(5-2)11(13)14-17/h8-10,17H,4-7H2,1-3H3,(H2,13,14). The van der Waals surface area contributed by atoms with Crippen molar-refractivity contribution in [2.24, 2.45) is 16.8 Å². The Morgan fingerprint density at radius 3 is 2.78 bits per heavy atom. The van der Waals surface area contributed by atoms with Gasteiger partial charge in [-0.15, -0.1) is 0 Å². The zero-order valence-corrected chi connectivity index (χ0v) is 11.3. The molecule has 0 aromatic carbocycles. The summed E-state index contributed by atoms with van der Waals surface area (Å²) in [6.45, 7) is 6.93. The number of nitrogens with zero attached hydrogens (tertiary/aromatic N) is 2. The first-order valence-electron chi connectivity index (χ1n) is 6.44. The summed E-state index contributed by atoms with van der Waals surface area (Å²) < 4.78 is 5.56. The van der Waals surface area contributed by atoms with E-state index in [-0.39, 0.29) is 23.9 Å². The molecule has 104 valence electrons. The Hall–Kier alpha value is -1.30. The van der Waals surface area contributed by atoms with Crippen molar-refractivity contribution in [1.82, 2.24) is 4.90 Å². The maximum atomic E-state index is 12.4. The highest BCUT2D eigenvalue weighted by Gasteiger charge is 2.34. The number of morpholine rings is 1. The number of carbonyl (C=O) groups is 1. The van der Waals surface area contributed by atoms with E-state index in [0.717, 1.165) is 6.42 Å². The Morgan fingerprint density at radius 2 is 2.28 bits per heavy atom. The van der Waals surface area contributed by atoms with Crippen molar-refractivity contribution in [3.8, 4) is 0 Å². The lowest BCUT2D eigenvalue weighted by Gasteiger charge is -2.39. The Labute approximate surface area is 108 Å². The number of rotatable bonds is 4. The van der Waals surface area contributed by atoms with Gasteiger partial charge in [0.25, 0.3) is 0 Å². The lowest BCUT2D eigenvalue weighted by molar-refractivity contribution is -0.146. The van der Waals surface area contributed by atoms with Crippen LogP contribution in [0.3, 0.4) is 0 Å². The average molecular weight is 257 g/mol. The molecule has 1 aliphatic heterocycles. The van der Waals surface area contributed by atoms with Crippen LogP contribution in [-0.2, 0) is 9.53 Å². The molecule has 3 unspecified atom stereocenters. The molecule has 18 heavy (non-hydrogen) atoms. The summed E-state index contributed by atoms with van der Waals surface area (Å²) in [4.78, 5) is 14.2. The largest absolute Gasteiger partial charge is 0.409 e. The Bertz CT molecular complexity index is 320. The zero-order chi connectivity index (χ0) is 13.7. The van der Waals surface area contributed by atoms with Gasteiger partial charge in [0.15, 0.2) is 5.84 Å². The summed E-state index contributed by atoms with van der Waals surface area (Å²) >= 11 is 0. The number of oxime groups is 1. The smallest absolute Gasteiger partial charge is 0.233 e. The summed E-state index contributed by atoms with van der Waals surface area (Å²) in [7, 11) is 0. The minimum atomic E-state index is -0.547. The van der Waals surface area contributed by atoms with E-state index in [1.807, 2.05) is 20.8 Å². The monoisotopic (exact) mass is 257 g/mol. The third-order valence-electron chi connectivity index (χ3n) is 3.40. The first-order valence-corrected chi connectivity index (χ1v) is 6.44. The van der Waals surface area contributed by atoms with Crippen LogP contribution in [0.1, 0.15) is 33.6 Å². The van der Waals surface area contributed by atoms with Gasteiger partial charge in [0.2, 0.25) is 5.91 Å². The molecule has 6 heteroatoms. The zero-order valence-electron chi connectivity index (χ0n) is 11.3. The van der Waals surface area contributed by atoms with E-state index in [4.69, 9.17) is 15.7 Å². The van der Waals surface area contributed by atoms with Gasteiger partial charge >= 0.3 is 0 Å². The molecule has 0 aliphatic carbocycles. The van der Waals surface area contributed by atoms with E-state index in [1.54, 1.807) is 4.90 Å². The molecule has 6 nitrogen and oxygen atoms in total. The van der Waals surface area contributed by atoms with Gasteiger partial charge in [0.05, 0.1) is 24.7 Å². The van der Waals surface area contributed by atoms with Crippen LogP contribution in [-0.4, -0.2) is 47.1 Å². The van der Waals surface area contributed by atoms with E-state index in [1.165, 1.54) is 0 Å². The fraction of sp³-hybridized carbons (Fsp3) is 0.833. The Morgan fingerprint density at radius 1 is 1.61 bits per heavy atom. The molecule has 1 fully saturated rings. The molecule has 1 rings (SSSR count). The van der Waals surface area contributed by atoms with Gasteiger partial charge in [-0.3, -0.25) is 4.79 Å². The molecule has 0 radical (unpaired) electrons. The molecule has 3 atom stereocenters. The molecule has 1 saturated heterocycles. The molecule has 0 bridgehead atoms. The van der Waals surface area contributed by atoms with E-state index in [0.29, 0.717) is 19.6 Å². The predicted octanol–water partition coefficient (Wildman–Crippen LogP) is 0.785. The van der Waals surface area contributed by atoms with Crippen molar-refractivity contribution in [3.05, 3.63) is 0 Å². The molecule has 1 heterocycles. The molecule has 0 aromatic rings. The topological polar surface area (TPSA) is 88.2 Å². The minimum Gasteiger partial charge on any atom is -0.409 e. The van der Waals surface area contributed by atoms with E-state index in [2.05, 4.69) is 5.16 Å². The summed E-state index contributed by atoms with van der Waals surface area (Å²) in [5.41, 5.74) is 5.58. The Kier molecular flexibility index (Phi) is 5.40. The summed E-state index contributed by atoms with van der Waals surface area (Å²) in [5.74, 6) is -0.638. The second kappa shape index (κ2) is 6.58. The van der Waals surface area contributed by atoms with Crippen molar-refractivity contribution in [2.75, 3.05) is 13.2 Å². The van der Waals surface area contributed by atoms with E-state index >= 15 is 0 Å². The second-order valence-electron chi connectivity index (χ2n) is 4.68. The summed E-state index contributed by atoms with van der Waals surface area (Å²) in [6, 6.07) is 0.0780. The van der Waals surface area contributed by atoms with Crippen molar-refractivity contribution < 1.29 is 14.7 Å². The highest BCUT2D eigenvalue weighted by atomic mass is 16.5. The number of ether oxygens (including phenoxy) is 1. The predicted molar refractivity (Wildman–Crippen MR) is 68.4 cm³/mol. The van der Waals surface area contributed by atoms with E-state index < -0.39 is 5.92 Å². The lowest BCUT2D eigenvalue weighted by Crippen LogP contribution is -2.54. The lowest BCUT2D eigenvalue weighted by atomic mass is 10.0. The maximum absolute atomic E-state index is 12.4. The summed E-state index contributed by atoms with van der Waals surface area (Å²) in [6.07, 6.45) is 1.39. The van der Waals surface area contributed by atoms with Gasteiger partial charge in [0.1, 0.15) is 0 Å². The van der Waals surface area contributed by atoms with Crippen molar-refractivity contribution in [2.45, 2.75) is 45.8 Å². The number of nitrogens with two attached hydrogens (primary N) is 1. The molecule has 0 spiro atoms. The molecular weight excluding hydrogens is 234 g/mol. The highest BCUT2D eigenvalue weighted by Crippen LogP contribution is 2.19. The average Bonchev–Trinajstić information content (AvgIpc) is 2.39. The number of hydrogen-bond donors (Lipinski definition) is 2. The normalized spacial score (nSPS) is 27.1.